The zero-order valence-corrected chi connectivity index (χ0v) is 18.8. The lowest BCUT2D eigenvalue weighted by molar-refractivity contribution is -0.384. The van der Waals surface area contributed by atoms with Crippen molar-refractivity contribution in [1.29, 1.82) is 0 Å². The molecule has 1 aliphatic rings. The third-order valence-electron chi connectivity index (χ3n) is 5.74. The van der Waals surface area contributed by atoms with Crippen LogP contribution in [0, 0.1) is 10.1 Å². The number of fused-ring (bicyclic) bond motifs is 1. The lowest BCUT2D eigenvalue weighted by Crippen LogP contribution is -2.32. The maximum absolute atomic E-state index is 13.0. The van der Waals surface area contributed by atoms with Gasteiger partial charge in [0.2, 0.25) is 11.6 Å². The minimum absolute atomic E-state index is 0.00768. The largest absolute Gasteiger partial charge is 0.378 e. The van der Waals surface area contributed by atoms with E-state index < -0.39 is 10.8 Å². The van der Waals surface area contributed by atoms with Crippen LogP contribution >= 0.6 is 0 Å². The fraction of sp³-hybridized carbons (Fsp3) is 0.182. The monoisotopic (exact) mass is 488 g/mol. The zero-order chi connectivity index (χ0) is 25.1. The van der Waals surface area contributed by atoms with E-state index in [1.165, 1.54) is 46.3 Å². The van der Waals surface area contributed by atoms with Gasteiger partial charge in [0.15, 0.2) is 5.69 Å². The minimum atomic E-state index is -0.596. The molecule has 0 spiro atoms. The molecule has 0 unspecified atom stereocenters. The summed E-state index contributed by atoms with van der Waals surface area (Å²) in [5, 5.41) is 30.2. The Bertz CT molecular complexity index is 1440. The van der Waals surface area contributed by atoms with Gasteiger partial charge < -0.3 is 5.73 Å². The van der Waals surface area contributed by atoms with Gasteiger partial charge in [0, 0.05) is 31.8 Å². The predicted octanol–water partition coefficient (Wildman–Crippen LogP) is 1.46. The molecule has 0 radical (unpaired) electrons. The number of anilines is 1. The normalized spacial score (nSPS) is 13.6. The number of aromatic nitrogens is 5. The summed E-state index contributed by atoms with van der Waals surface area (Å²) in [6.45, 7) is 1.80. The lowest BCUT2D eigenvalue weighted by Gasteiger charge is -2.28. The highest BCUT2D eigenvalue weighted by Crippen LogP contribution is 2.23. The molecule has 14 nitrogen and oxygen atoms in total. The summed E-state index contributed by atoms with van der Waals surface area (Å²) in [5.41, 5.74) is 11.8. The Kier molecular flexibility index (Phi) is 6.15. The summed E-state index contributed by atoms with van der Waals surface area (Å²) in [4.78, 5) is 25.4. The van der Waals surface area contributed by atoms with Gasteiger partial charge in [-0.2, -0.15) is 9.78 Å². The van der Waals surface area contributed by atoms with E-state index in [2.05, 4.69) is 48.2 Å². The molecule has 2 aromatic carbocycles. The number of amides is 1. The zero-order valence-electron chi connectivity index (χ0n) is 18.8. The molecular formula is C22H20N10O4. The Morgan fingerprint density at radius 1 is 1.19 bits per heavy atom. The van der Waals surface area contributed by atoms with Gasteiger partial charge in [0.05, 0.1) is 16.8 Å². The van der Waals surface area contributed by atoms with E-state index in [0.717, 1.165) is 13.0 Å². The van der Waals surface area contributed by atoms with Gasteiger partial charge in [-0.05, 0) is 45.6 Å². The van der Waals surface area contributed by atoms with Crippen molar-refractivity contribution in [3.63, 3.8) is 0 Å². The van der Waals surface area contributed by atoms with Gasteiger partial charge in [-0.15, -0.1) is 5.10 Å². The molecule has 182 valence electrons. The molecule has 3 N–H and O–H groups in total. The van der Waals surface area contributed by atoms with Gasteiger partial charge in [0.25, 0.3) is 11.6 Å². The van der Waals surface area contributed by atoms with Crippen LogP contribution in [-0.2, 0) is 19.5 Å². The van der Waals surface area contributed by atoms with Crippen LogP contribution in [0.4, 0.5) is 11.5 Å². The molecular weight excluding hydrogens is 468 g/mol. The van der Waals surface area contributed by atoms with Crippen LogP contribution in [0.15, 0.2) is 58.3 Å². The summed E-state index contributed by atoms with van der Waals surface area (Å²) >= 11 is 0. The molecule has 5 rings (SSSR count). The van der Waals surface area contributed by atoms with Crippen molar-refractivity contribution in [2.45, 2.75) is 19.5 Å². The molecule has 36 heavy (non-hydrogen) atoms. The quantitative estimate of drug-likeness (QED) is 0.219. The number of nitrogens with two attached hydrogens (primary N) is 1. The Hall–Kier alpha value is -4.98. The van der Waals surface area contributed by atoms with Crippen LogP contribution in [0.1, 0.15) is 32.9 Å². The van der Waals surface area contributed by atoms with E-state index in [4.69, 9.17) is 10.4 Å². The maximum atomic E-state index is 13.0. The number of nitro benzene ring substituents is 1. The lowest BCUT2D eigenvalue weighted by atomic mass is 10.00. The van der Waals surface area contributed by atoms with Crippen LogP contribution in [0.2, 0.25) is 0 Å². The van der Waals surface area contributed by atoms with E-state index in [1.54, 1.807) is 0 Å². The first-order valence-electron chi connectivity index (χ1n) is 10.9. The van der Waals surface area contributed by atoms with E-state index in [9.17, 15) is 14.9 Å². The van der Waals surface area contributed by atoms with Gasteiger partial charge in [-0.3, -0.25) is 19.8 Å². The Labute approximate surface area is 203 Å². The van der Waals surface area contributed by atoms with E-state index >= 15 is 0 Å². The van der Waals surface area contributed by atoms with Gasteiger partial charge in [0.1, 0.15) is 0 Å². The molecule has 0 fully saturated rings. The number of carbonyl (C=O) groups is 1. The summed E-state index contributed by atoms with van der Waals surface area (Å²) in [6.07, 6.45) is 2.24. The number of hydrogen-bond donors (Lipinski definition) is 2. The maximum Gasteiger partial charge on any atom is 0.293 e. The molecule has 1 amide bonds. The molecule has 0 saturated carbocycles. The summed E-state index contributed by atoms with van der Waals surface area (Å²) < 4.78 is 6.04. The minimum Gasteiger partial charge on any atom is -0.378 e. The van der Waals surface area contributed by atoms with Gasteiger partial charge >= 0.3 is 0 Å². The third-order valence-corrected chi connectivity index (χ3v) is 5.74. The van der Waals surface area contributed by atoms with Crippen molar-refractivity contribution in [2.75, 3.05) is 12.3 Å². The van der Waals surface area contributed by atoms with Crippen LogP contribution in [0.25, 0.3) is 5.82 Å². The van der Waals surface area contributed by atoms with E-state index in [1.807, 2.05) is 12.1 Å². The summed E-state index contributed by atoms with van der Waals surface area (Å²) in [7, 11) is 0. The first kappa shape index (κ1) is 22.8. The molecule has 3 heterocycles. The highest BCUT2D eigenvalue weighted by Gasteiger charge is 2.27. The van der Waals surface area contributed by atoms with Crippen molar-refractivity contribution < 1.29 is 14.3 Å². The first-order valence-corrected chi connectivity index (χ1v) is 10.9. The second-order valence-corrected chi connectivity index (χ2v) is 8.05. The predicted molar refractivity (Wildman–Crippen MR) is 126 cm³/mol. The van der Waals surface area contributed by atoms with E-state index in [0.29, 0.717) is 24.3 Å². The molecule has 0 bridgehead atoms. The number of rotatable bonds is 7. The van der Waals surface area contributed by atoms with Gasteiger partial charge in [-0.25, -0.2) is 10.1 Å². The Balaban J connectivity index is 1.37. The smallest absolute Gasteiger partial charge is 0.293 e. The highest BCUT2D eigenvalue weighted by atomic mass is 16.6. The van der Waals surface area contributed by atoms with Crippen molar-refractivity contribution in [2.24, 2.45) is 5.10 Å². The number of nitrogens with zero attached hydrogens (tertiary/aromatic N) is 8. The van der Waals surface area contributed by atoms with Crippen LogP contribution in [0.3, 0.4) is 0 Å². The molecule has 0 aliphatic carbocycles. The van der Waals surface area contributed by atoms with Gasteiger partial charge in [-0.1, -0.05) is 29.5 Å². The number of benzene rings is 2. The summed E-state index contributed by atoms with van der Waals surface area (Å²) in [6, 6.07) is 13.9. The van der Waals surface area contributed by atoms with Crippen molar-refractivity contribution in [3.8, 4) is 5.82 Å². The Morgan fingerprint density at radius 2 is 1.97 bits per heavy atom. The molecule has 2 aromatic heterocycles. The van der Waals surface area contributed by atoms with Crippen LogP contribution in [0.5, 0.6) is 0 Å². The average molecular weight is 488 g/mol. The van der Waals surface area contributed by atoms with Crippen LogP contribution < -0.4 is 11.2 Å². The SMILES string of the molecule is Nc1nonc1-n1nnc(C(=O)N/N=C/c2ccc([N+](=O)[O-])cc2)c1CN1CCc2ccccc2C1. The standard InChI is InChI=1S/C22H20N10O4/c23-20-21(28-36-27-20)31-18(13-30-10-9-15-3-1-2-4-16(15)12-30)19(25-29-31)22(33)26-24-11-14-5-7-17(8-6-14)32(34)35/h1-8,11H,9-10,12-13H2,(H2,23,27)(H,26,33)/b24-11+. The number of hydrogen-bond acceptors (Lipinski definition) is 11. The van der Waals surface area contributed by atoms with Crippen molar-refractivity contribution in [3.05, 3.63) is 86.7 Å². The molecule has 0 atom stereocenters. The van der Waals surface area contributed by atoms with Crippen molar-refractivity contribution >= 4 is 23.6 Å². The number of non-ortho nitro benzene ring substituents is 1. The van der Waals surface area contributed by atoms with Crippen LogP contribution in [-0.4, -0.2) is 53.8 Å². The van der Waals surface area contributed by atoms with E-state index in [-0.39, 0.29) is 23.0 Å². The van der Waals surface area contributed by atoms with Crippen molar-refractivity contribution in [1.82, 2.24) is 35.6 Å². The second kappa shape index (κ2) is 9.71. The number of nitrogen functional groups attached to an aromatic ring is 1. The first-order chi connectivity index (χ1) is 17.5. The molecule has 0 saturated heterocycles. The molecule has 1 aliphatic heterocycles. The summed E-state index contributed by atoms with van der Waals surface area (Å²) in [5.74, 6) is -0.460. The average Bonchev–Trinajstić information content (AvgIpc) is 3.49. The number of hydrazone groups is 1. The Morgan fingerprint density at radius 3 is 2.69 bits per heavy atom. The second-order valence-electron chi connectivity index (χ2n) is 8.05. The molecule has 14 heteroatoms. The highest BCUT2D eigenvalue weighted by molar-refractivity contribution is 5.94. The topological polar surface area (TPSA) is 183 Å². The number of carbonyl (C=O) groups excluding carboxylic acids is 1. The fourth-order valence-corrected chi connectivity index (χ4v) is 3.93. The third kappa shape index (κ3) is 4.65. The number of nitro groups is 1. The molecule has 4 aromatic rings. The fourth-order valence-electron chi connectivity index (χ4n) is 3.93. The number of nitrogens with one attached hydrogen (secondary N) is 1.